The lowest BCUT2D eigenvalue weighted by molar-refractivity contribution is -0.127. The van der Waals surface area contributed by atoms with E-state index in [4.69, 9.17) is 15.4 Å². The third-order valence-electron chi connectivity index (χ3n) is 2.75. The van der Waals surface area contributed by atoms with Gasteiger partial charge in [0.1, 0.15) is 0 Å². The molecule has 1 rings (SSSR count). The van der Waals surface area contributed by atoms with Gasteiger partial charge >= 0.3 is 0 Å². The minimum absolute atomic E-state index is 0.00450. The number of amides is 1. The average Bonchev–Trinajstić information content (AvgIpc) is 2.50. The smallest absolute Gasteiger partial charge is 0.232 e. The first-order chi connectivity index (χ1) is 8.28. The molecule has 106 valence electrons. The Bertz CT molecular complexity index is 383. The van der Waals surface area contributed by atoms with Gasteiger partial charge in [0.2, 0.25) is 15.0 Å². The summed E-state index contributed by atoms with van der Waals surface area (Å²) >= 11 is 0. The molecular weight excluding hydrogens is 278 g/mol. The Hall–Kier alpha value is -0.330. The van der Waals surface area contributed by atoms with Crippen LogP contribution in [0.2, 0.25) is 0 Å². The van der Waals surface area contributed by atoms with Crippen molar-refractivity contribution < 1.29 is 17.9 Å². The van der Waals surface area contributed by atoms with Crippen molar-refractivity contribution in [3.8, 4) is 0 Å². The highest BCUT2D eigenvalue weighted by molar-refractivity contribution is 8.13. The van der Waals surface area contributed by atoms with Crippen LogP contribution < -0.4 is 0 Å². The molecule has 0 aromatic rings. The molecule has 1 heterocycles. The molecule has 18 heavy (non-hydrogen) atoms. The molecule has 1 aliphatic heterocycles. The summed E-state index contributed by atoms with van der Waals surface area (Å²) in [6, 6.07) is 0. The second-order valence-electron chi connectivity index (χ2n) is 4.89. The van der Waals surface area contributed by atoms with Crippen molar-refractivity contribution in [2.24, 2.45) is 5.92 Å². The Kier molecular flexibility index (Phi) is 5.88. The van der Waals surface area contributed by atoms with Crippen molar-refractivity contribution in [2.45, 2.75) is 32.8 Å². The molecule has 1 unspecified atom stereocenters. The minimum atomic E-state index is -3.52. The Balaban J connectivity index is 2.29. The van der Waals surface area contributed by atoms with Crippen LogP contribution in [0.25, 0.3) is 0 Å². The zero-order valence-electron chi connectivity index (χ0n) is 10.8. The average molecular weight is 298 g/mol. The van der Waals surface area contributed by atoms with Crippen molar-refractivity contribution in [3.05, 3.63) is 0 Å². The zero-order chi connectivity index (χ0) is 13.8. The van der Waals surface area contributed by atoms with E-state index in [0.717, 1.165) is 6.42 Å². The second kappa shape index (κ2) is 6.73. The van der Waals surface area contributed by atoms with Crippen LogP contribution in [0.4, 0.5) is 0 Å². The largest absolute Gasteiger partial charge is 0.379 e. The number of nitrogens with zero attached hydrogens (tertiary/aromatic N) is 1. The van der Waals surface area contributed by atoms with Gasteiger partial charge in [-0.1, -0.05) is 0 Å². The molecule has 0 aliphatic carbocycles. The highest BCUT2D eigenvalue weighted by Gasteiger charge is 2.31. The fraction of sp³-hybridized carbons (Fsp3) is 0.909. The Morgan fingerprint density at radius 3 is 2.72 bits per heavy atom. The van der Waals surface area contributed by atoms with Crippen LogP contribution in [0.5, 0.6) is 0 Å². The molecule has 0 bridgehead atoms. The van der Waals surface area contributed by atoms with Crippen LogP contribution in [0, 0.1) is 5.92 Å². The predicted molar refractivity (Wildman–Crippen MR) is 70.0 cm³/mol. The Labute approximate surface area is 113 Å². The quantitative estimate of drug-likeness (QED) is 0.523. The van der Waals surface area contributed by atoms with Crippen molar-refractivity contribution in [3.63, 3.8) is 0 Å². The molecule has 1 saturated heterocycles. The summed E-state index contributed by atoms with van der Waals surface area (Å²) < 4.78 is 27.3. The first kappa shape index (κ1) is 15.7. The van der Waals surface area contributed by atoms with E-state index in [2.05, 4.69) is 0 Å². The number of rotatable bonds is 7. The van der Waals surface area contributed by atoms with Crippen LogP contribution in [0.3, 0.4) is 0 Å². The van der Waals surface area contributed by atoms with Crippen LogP contribution in [-0.2, 0) is 18.6 Å². The molecule has 5 nitrogen and oxygen atoms in total. The van der Waals surface area contributed by atoms with Crippen molar-refractivity contribution in [1.29, 1.82) is 0 Å². The van der Waals surface area contributed by atoms with E-state index >= 15 is 0 Å². The lowest BCUT2D eigenvalue weighted by Crippen LogP contribution is -2.28. The fourth-order valence-electron chi connectivity index (χ4n) is 2.04. The number of hydrogen-bond acceptors (Lipinski definition) is 4. The van der Waals surface area contributed by atoms with Gasteiger partial charge in [0.05, 0.1) is 11.9 Å². The van der Waals surface area contributed by atoms with Gasteiger partial charge in [-0.25, -0.2) is 8.42 Å². The standard InChI is InChI=1S/C11H20ClNO4S/c1-9(2)17-5-3-4-13-7-10(6-11(13)14)8-18(12,15)16/h9-10H,3-8H2,1-2H3. The number of hydrogen-bond donors (Lipinski definition) is 0. The van der Waals surface area contributed by atoms with Crippen LogP contribution in [-0.4, -0.2) is 50.8 Å². The molecule has 1 fully saturated rings. The van der Waals surface area contributed by atoms with Crippen LogP contribution in [0.15, 0.2) is 0 Å². The van der Waals surface area contributed by atoms with Gasteiger partial charge < -0.3 is 9.64 Å². The lowest BCUT2D eigenvalue weighted by atomic mass is 10.1. The Morgan fingerprint density at radius 2 is 2.17 bits per heavy atom. The fourth-order valence-corrected chi connectivity index (χ4v) is 3.36. The van der Waals surface area contributed by atoms with Gasteiger partial charge in [0.15, 0.2) is 0 Å². The van der Waals surface area contributed by atoms with Gasteiger partial charge in [-0.15, -0.1) is 0 Å². The topological polar surface area (TPSA) is 63.7 Å². The molecule has 0 aromatic carbocycles. The third-order valence-corrected chi connectivity index (χ3v) is 4.00. The summed E-state index contributed by atoms with van der Waals surface area (Å²) in [6.45, 7) is 5.63. The van der Waals surface area contributed by atoms with Gasteiger partial charge in [-0.2, -0.15) is 0 Å². The minimum Gasteiger partial charge on any atom is -0.379 e. The number of ether oxygens (including phenoxy) is 1. The van der Waals surface area contributed by atoms with E-state index < -0.39 is 9.05 Å². The molecule has 0 spiro atoms. The molecule has 1 atom stereocenters. The number of halogens is 1. The zero-order valence-corrected chi connectivity index (χ0v) is 12.3. The molecule has 7 heteroatoms. The molecule has 1 aliphatic rings. The van der Waals surface area contributed by atoms with Gasteiger partial charge in [-0.3, -0.25) is 4.79 Å². The van der Waals surface area contributed by atoms with E-state index in [1.807, 2.05) is 13.8 Å². The number of likely N-dealkylation sites (tertiary alicyclic amines) is 1. The summed E-state index contributed by atoms with van der Waals surface area (Å²) in [7, 11) is 1.67. The maximum atomic E-state index is 11.6. The van der Waals surface area contributed by atoms with Gasteiger partial charge in [0, 0.05) is 42.7 Å². The lowest BCUT2D eigenvalue weighted by Gasteiger charge is -2.16. The molecule has 1 amide bonds. The number of carbonyl (C=O) groups is 1. The normalized spacial score (nSPS) is 21.0. The van der Waals surface area contributed by atoms with Crippen LogP contribution >= 0.6 is 10.7 Å². The first-order valence-electron chi connectivity index (χ1n) is 6.09. The van der Waals surface area contributed by atoms with Crippen molar-refractivity contribution in [1.82, 2.24) is 4.90 Å². The van der Waals surface area contributed by atoms with Crippen molar-refractivity contribution in [2.75, 3.05) is 25.4 Å². The van der Waals surface area contributed by atoms with Gasteiger partial charge in [0.25, 0.3) is 0 Å². The number of carbonyl (C=O) groups excluding carboxylic acids is 1. The maximum absolute atomic E-state index is 11.6. The molecule has 0 aromatic heterocycles. The maximum Gasteiger partial charge on any atom is 0.232 e. The summed E-state index contributed by atoms with van der Waals surface area (Å²) in [5.41, 5.74) is 0. The SMILES string of the molecule is CC(C)OCCCN1CC(CS(=O)(=O)Cl)CC1=O. The summed E-state index contributed by atoms with van der Waals surface area (Å²) in [6.07, 6.45) is 1.23. The molecular formula is C11H20ClNO4S. The predicted octanol–water partition coefficient (Wildman–Crippen LogP) is 1.22. The highest BCUT2D eigenvalue weighted by Crippen LogP contribution is 2.20. The molecule has 0 radical (unpaired) electrons. The second-order valence-corrected chi connectivity index (χ2v) is 7.71. The van der Waals surface area contributed by atoms with Gasteiger partial charge in [-0.05, 0) is 20.3 Å². The van der Waals surface area contributed by atoms with E-state index in [0.29, 0.717) is 19.7 Å². The summed E-state index contributed by atoms with van der Waals surface area (Å²) in [4.78, 5) is 13.3. The molecule has 0 N–H and O–H groups in total. The van der Waals surface area contributed by atoms with E-state index in [-0.39, 0.29) is 30.1 Å². The van der Waals surface area contributed by atoms with E-state index in [1.54, 1.807) is 4.90 Å². The monoisotopic (exact) mass is 297 g/mol. The summed E-state index contributed by atoms with van der Waals surface area (Å²) in [5.74, 6) is -0.296. The summed E-state index contributed by atoms with van der Waals surface area (Å²) in [5, 5.41) is 0. The Morgan fingerprint density at radius 1 is 1.50 bits per heavy atom. The third kappa shape index (κ3) is 6.02. The van der Waals surface area contributed by atoms with E-state index in [9.17, 15) is 13.2 Å². The van der Waals surface area contributed by atoms with E-state index in [1.165, 1.54) is 0 Å². The van der Waals surface area contributed by atoms with Crippen molar-refractivity contribution >= 4 is 25.6 Å². The highest BCUT2D eigenvalue weighted by atomic mass is 35.7. The first-order valence-corrected chi connectivity index (χ1v) is 8.57. The molecule has 0 saturated carbocycles. The van der Waals surface area contributed by atoms with Crippen LogP contribution in [0.1, 0.15) is 26.7 Å².